The highest BCUT2D eigenvalue weighted by Crippen LogP contribution is 2.36. The maximum absolute atomic E-state index is 14.6. The molecule has 9 nitrogen and oxygen atoms in total. The minimum absolute atomic E-state index is 0.147. The van der Waals surface area contributed by atoms with Crippen LogP contribution in [0, 0.1) is 0 Å². The number of ether oxygens (including phenoxy) is 1. The number of aryl methyl sites for hydroxylation is 1. The Kier molecular flexibility index (Phi) is 7.69. The molecule has 6 heterocycles. The number of aromatic nitrogens is 4. The van der Waals surface area contributed by atoms with E-state index in [1.54, 1.807) is 6.92 Å². The van der Waals surface area contributed by atoms with Gasteiger partial charge in [-0.25, -0.2) is 9.78 Å². The van der Waals surface area contributed by atoms with Gasteiger partial charge in [0.25, 0.3) is 11.8 Å². The Morgan fingerprint density at radius 2 is 1.57 bits per heavy atom. The van der Waals surface area contributed by atoms with Crippen LogP contribution in [0.1, 0.15) is 110 Å². The van der Waals surface area contributed by atoms with E-state index in [4.69, 9.17) is 14.7 Å². The van der Waals surface area contributed by atoms with E-state index in [9.17, 15) is 14.4 Å². The van der Waals surface area contributed by atoms with Gasteiger partial charge >= 0.3 is 5.97 Å². The summed E-state index contributed by atoms with van der Waals surface area (Å²) in [7, 11) is 0. The second kappa shape index (κ2) is 11.7. The number of benzene rings is 1. The zero-order valence-electron chi connectivity index (χ0n) is 29.1. The maximum atomic E-state index is 14.6. The Morgan fingerprint density at radius 3 is 2.27 bits per heavy atom. The quantitative estimate of drug-likeness (QED) is 0.256. The van der Waals surface area contributed by atoms with Crippen LogP contribution in [-0.4, -0.2) is 49.2 Å². The number of carbonyl (C=O) groups is 3. The number of aromatic amines is 2. The Labute approximate surface area is 285 Å². The number of amides is 2. The molecule has 1 aromatic carbocycles. The molecule has 0 fully saturated rings. The molecule has 0 saturated heterocycles. The van der Waals surface area contributed by atoms with Crippen molar-refractivity contribution in [2.24, 2.45) is 0 Å². The van der Waals surface area contributed by atoms with Gasteiger partial charge in [-0.05, 0) is 66.8 Å². The van der Waals surface area contributed by atoms with E-state index in [1.165, 1.54) is 4.90 Å². The third-order valence-electron chi connectivity index (χ3n) is 9.79. The molecule has 4 aliphatic rings. The molecule has 4 aliphatic heterocycles. The monoisotopic (exact) mass is 655 g/mol. The predicted octanol–water partition coefficient (Wildman–Crippen LogP) is 5.80. The van der Waals surface area contributed by atoms with Crippen LogP contribution in [0.4, 0.5) is 0 Å². The van der Waals surface area contributed by atoms with Crippen molar-refractivity contribution in [2.45, 2.75) is 78.7 Å². The van der Waals surface area contributed by atoms with Crippen molar-refractivity contribution >= 4 is 52.1 Å². The molecule has 49 heavy (non-hydrogen) atoms. The van der Waals surface area contributed by atoms with Gasteiger partial charge in [0.1, 0.15) is 0 Å². The zero-order valence-corrected chi connectivity index (χ0v) is 29.1. The number of hydrogen-bond acceptors (Lipinski definition) is 6. The molecule has 9 heteroatoms. The van der Waals surface area contributed by atoms with Crippen LogP contribution >= 0.6 is 0 Å². The number of nitrogens with one attached hydrogen (secondary N) is 2. The van der Waals surface area contributed by atoms with Gasteiger partial charge in [0, 0.05) is 22.0 Å². The smallest absolute Gasteiger partial charge is 0.340 e. The molecular formula is C40H41N5O4. The fourth-order valence-corrected chi connectivity index (χ4v) is 7.25. The number of carbonyl (C=O) groups excluding carboxylic acids is 3. The molecule has 3 aromatic rings. The van der Waals surface area contributed by atoms with Crippen LogP contribution < -0.4 is 10.7 Å². The van der Waals surface area contributed by atoms with Crippen molar-refractivity contribution in [1.82, 2.24) is 24.8 Å². The fraction of sp³-hybridized carbons (Fsp3) is 0.325. The molecule has 8 bridgehead atoms. The third-order valence-corrected chi connectivity index (χ3v) is 9.79. The minimum Gasteiger partial charge on any atom is -0.462 e. The number of nitrogens with zero attached hydrogens (tertiary/aromatic N) is 3. The van der Waals surface area contributed by atoms with Gasteiger partial charge in [0.15, 0.2) is 0 Å². The summed E-state index contributed by atoms with van der Waals surface area (Å²) in [6.07, 6.45) is 5.22. The molecule has 0 saturated carbocycles. The molecule has 250 valence electrons. The number of allylic oxidation sites excluding steroid dienone is 1. The lowest BCUT2D eigenvalue weighted by Crippen LogP contribution is -2.42. The first kappa shape index (κ1) is 32.2. The second-order valence-electron chi connectivity index (χ2n) is 14.0. The average molecular weight is 656 g/mol. The molecule has 0 atom stereocenters. The van der Waals surface area contributed by atoms with E-state index < -0.39 is 16.8 Å². The first-order chi connectivity index (χ1) is 23.4. The van der Waals surface area contributed by atoms with Crippen LogP contribution in [0.15, 0.2) is 48.5 Å². The van der Waals surface area contributed by atoms with Crippen molar-refractivity contribution < 1.29 is 19.1 Å². The molecule has 0 unspecified atom stereocenters. The van der Waals surface area contributed by atoms with Gasteiger partial charge in [0.2, 0.25) is 0 Å². The summed E-state index contributed by atoms with van der Waals surface area (Å²) >= 11 is 0. The van der Waals surface area contributed by atoms with Gasteiger partial charge in [0.05, 0.1) is 63.1 Å². The summed E-state index contributed by atoms with van der Waals surface area (Å²) in [6, 6.07) is 15.4. The number of imide groups is 1. The number of esters is 1. The van der Waals surface area contributed by atoms with Crippen LogP contribution in [0.3, 0.4) is 0 Å². The van der Waals surface area contributed by atoms with Gasteiger partial charge in [-0.2, -0.15) is 0 Å². The average Bonchev–Trinajstić information content (AvgIpc) is 3.75. The standard InChI is InChI=1S/C40H41N5O4/c1-8-24-26-17-31-40(6,7)20-29(43-31)34-35-33(36(46)45(37(34)47)21-22-14-12-11-13-15-22)25(9-2)27(44-35)18-30-39(4,5)19-23(41-30)16-28(42-26)32(24)38(48)49-10-3/h11-20,43-44H,8-10,21H2,1-7H3. The van der Waals surface area contributed by atoms with Crippen LogP contribution in [0.2, 0.25) is 0 Å². The molecule has 2 amide bonds. The fourth-order valence-electron chi connectivity index (χ4n) is 7.25. The summed E-state index contributed by atoms with van der Waals surface area (Å²) in [5.41, 5.74) is 6.82. The molecule has 0 spiro atoms. The van der Waals surface area contributed by atoms with Crippen molar-refractivity contribution in [3.8, 4) is 0 Å². The van der Waals surface area contributed by atoms with Crippen LogP contribution in [0.5, 0.6) is 0 Å². The van der Waals surface area contributed by atoms with E-state index >= 15 is 0 Å². The molecule has 0 aliphatic carbocycles. The van der Waals surface area contributed by atoms with E-state index in [0.29, 0.717) is 57.1 Å². The van der Waals surface area contributed by atoms with Gasteiger partial charge in [-0.15, -0.1) is 0 Å². The normalized spacial score (nSPS) is 16.7. The summed E-state index contributed by atoms with van der Waals surface area (Å²) in [5.74, 6) is -1.12. The molecule has 2 aromatic heterocycles. The summed E-state index contributed by atoms with van der Waals surface area (Å²) in [5, 5.41) is 1.29. The lowest BCUT2D eigenvalue weighted by Gasteiger charge is -2.25. The summed E-state index contributed by atoms with van der Waals surface area (Å²) in [4.78, 5) is 60.7. The highest BCUT2D eigenvalue weighted by Gasteiger charge is 2.38. The Bertz CT molecular complexity index is 2310. The lowest BCUT2D eigenvalue weighted by atomic mass is 9.89. The van der Waals surface area contributed by atoms with Gasteiger partial charge in [-0.3, -0.25) is 19.5 Å². The van der Waals surface area contributed by atoms with Crippen molar-refractivity contribution in [3.05, 3.63) is 104 Å². The van der Waals surface area contributed by atoms with Crippen molar-refractivity contribution in [2.75, 3.05) is 6.61 Å². The number of fused-ring (bicyclic) bond motifs is 8. The SMILES string of the molecule is CCOC(=O)C1=C(CC)c2cc3[nH]c(c4c5[nH]c(cc6nc(cc1n2)=CC6(C)C)c(CC)c5C(=O)N(Cc1ccccc1)C4=O)=CC3(C)C. The zero-order chi connectivity index (χ0) is 34.8. The van der Waals surface area contributed by atoms with E-state index in [1.807, 2.05) is 68.5 Å². The first-order valence-corrected chi connectivity index (χ1v) is 17.0. The number of rotatable bonds is 6. The highest BCUT2D eigenvalue weighted by molar-refractivity contribution is 6.25. The largest absolute Gasteiger partial charge is 0.462 e. The topological polar surface area (TPSA) is 121 Å². The second-order valence-corrected chi connectivity index (χ2v) is 14.0. The first-order valence-electron chi connectivity index (χ1n) is 17.0. The predicted molar refractivity (Wildman–Crippen MR) is 190 cm³/mol. The van der Waals surface area contributed by atoms with Crippen molar-refractivity contribution in [3.63, 3.8) is 0 Å². The minimum atomic E-state index is -0.535. The lowest BCUT2D eigenvalue weighted by molar-refractivity contribution is -0.136. The Balaban J connectivity index is 1.63. The summed E-state index contributed by atoms with van der Waals surface area (Å²) in [6.45, 7) is 14.5. The molecular weight excluding hydrogens is 614 g/mol. The van der Waals surface area contributed by atoms with Crippen molar-refractivity contribution in [1.29, 1.82) is 0 Å². The molecule has 0 radical (unpaired) electrons. The highest BCUT2D eigenvalue weighted by atomic mass is 16.5. The van der Waals surface area contributed by atoms with Gasteiger partial charge < -0.3 is 14.7 Å². The number of H-pyrrole nitrogens is 2. The maximum Gasteiger partial charge on any atom is 0.340 e. The third kappa shape index (κ3) is 5.28. The Hall–Kier alpha value is -5.31. The summed E-state index contributed by atoms with van der Waals surface area (Å²) < 4.78 is 5.52. The van der Waals surface area contributed by atoms with E-state index in [2.05, 4.69) is 43.7 Å². The number of hydrogen-bond donors (Lipinski definition) is 2. The molecule has 2 N–H and O–H groups in total. The van der Waals surface area contributed by atoms with E-state index in [-0.39, 0.29) is 25.0 Å². The Morgan fingerprint density at radius 1 is 0.837 bits per heavy atom. The van der Waals surface area contributed by atoms with E-state index in [0.717, 1.165) is 33.6 Å². The van der Waals surface area contributed by atoms with Gasteiger partial charge in [-0.1, -0.05) is 71.9 Å². The van der Waals surface area contributed by atoms with Crippen LogP contribution in [-0.2, 0) is 33.3 Å². The molecule has 7 rings (SSSR count). The van der Waals surface area contributed by atoms with Crippen LogP contribution in [0.25, 0.3) is 34.3 Å².